The summed E-state index contributed by atoms with van der Waals surface area (Å²) < 4.78 is 30.5. The summed E-state index contributed by atoms with van der Waals surface area (Å²) in [5.41, 5.74) is 2.58. The zero-order valence-corrected chi connectivity index (χ0v) is 27.2. The fourth-order valence-electron chi connectivity index (χ4n) is 4.68. The van der Waals surface area contributed by atoms with Gasteiger partial charge in [0.1, 0.15) is 23.7 Å². The van der Waals surface area contributed by atoms with E-state index in [1.165, 1.54) is 60.7 Å². The molecule has 0 aromatic heterocycles. The number of carbonyl (C=O) groups excluding carboxylic acids is 3. The standard InChI is InChI=1S/C26H24FN3O6.C11H13FO2/c27-20-10-6-18(7-11-20)15-23(26(33)34)29-25(32)22(14-19-8-12-21(13-9-19)30(35)36)28-24(31)16-17-4-2-1-3-5-17;1-2-14-11(13)8-5-9-3-6-10(12)7-4-9/h1-13,22-23H,14-16H2,(H,28,31)(H,29,32)(H,33,34);3-4,6-7H,2,5,8H2,1H3/t22-,23-;/m0./s1. The Hall–Kier alpha value is -5.98. The Morgan fingerprint density at radius 3 is 1.78 bits per heavy atom. The Bertz CT molecular complexity index is 1720. The Morgan fingerprint density at radius 1 is 0.740 bits per heavy atom. The van der Waals surface area contributed by atoms with Crippen molar-refractivity contribution in [1.29, 1.82) is 0 Å². The Morgan fingerprint density at radius 2 is 1.26 bits per heavy atom. The lowest BCUT2D eigenvalue weighted by Crippen LogP contribution is -2.53. The summed E-state index contributed by atoms with van der Waals surface area (Å²) in [6.07, 6.45) is 0.832. The number of hydrogen-bond donors (Lipinski definition) is 3. The van der Waals surface area contributed by atoms with Crippen molar-refractivity contribution in [2.45, 2.75) is 51.1 Å². The number of benzene rings is 4. The minimum Gasteiger partial charge on any atom is -0.480 e. The molecule has 13 heteroatoms. The van der Waals surface area contributed by atoms with E-state index in [2.05, 4.69) is 10.6 Å². The van der Waals surface area contributed by atoms with Crippen molar-refractivity contribution in [3.8, 4) is 0 Å². The maximum Gasteiger partial charge on any atom is 0.326 e. The maximum atomic E-state index is 13.2. The van der Waals surface area contributed by atoms with Gasteiger partial charge in [-0.15, -0.1) is 0 Å². The van der Waals surface area contributed by atoms with E-state index in [9.17, 15) is 43.2 Å². The Labute approximate surface area is 287 Å². The van der Waals surface area contributed by atoms with Crippen molar-refractivity contribution in [2.24, 2.45) is 0 Å². The minimum absolute atomic E-state index is 0.00280. The second kappa shape index (κ2) is 19.7. The summed E-state index contributed by atoms with van der Waals surface area (Å²) in [5, 5.41) is 25.6. The molecule has 0 bridgehead atoms. The summed E-state index contributed by atoms with van der Waals surface area (Å²) in [7, 11) is 0. The summed E-state index contributed by atoms with van der Waals surface area (Å²) in [6, 6.07) is 23.3. The molecule has 0 spiro atoms. The molecule has 0 aliphatic carbocycles. The highest BCUT2D eigenvalue weighted by atomic mass is 19.1. The monoisotopic (exact) mass is 689 g/mol. The van der Waals surface area contributed by atoms with E-state index in [1.807, 2.05) is 0 Å². The number of aliphatic carboxylic acids is 1. The minimum atomic E-state index is -1.33. The number of hydrogen-bond acceptors (Lipinski definition) is 7. The third-order valence-electron chi connectivity index (χ3n) is 7.25. The van der Waals surface area contributed by atoms with Crippen molar-refractivity contribution in [2.75, 3.05) is 6.61 Å². The fourth-order valence-corrected chi connectivity index (χ4v) is 4.68. The van der Waals surface area contributed by atoms with Gasteiger partial charge in [0.25, 0.3) is 5.69 Å². The van der Waals surface area contributed by atoms with Crippen LogP contribution in [0.3, 0.4) is 0 Å². The number of nitro groups is 1. The number of nitrogens with zero attached hydrogens (tertiary/aromatic N) is 1. The zero-order chi connectivity index (χ0) is 36.5. The summed E-state index contributed by atoms with van der Waals surface area (Å²) >= 11 is 0. The molecule has 11 nitrogen and oxygen atoms in total. The molecule has 2 atom stereocenters. The number of carboxylic acids is 1. The molecule has 0 saturated heterocycles. The van der Waals surface area contributed by atoms with E-state index in [0.29, 0.717) is 30.6 Å². The van der Waals surface area contributed by atoms with Crippen molar-refractivity contribution < 1.29 is 42.7 Å². The number of esters is 1. The van der Waals surface area contributed by atoms with Gasteiger partial charge in [-0.25, -0.2) is 13.6 Å². The van der Waals surface area contributed by atoms with Gasteiger partial charge in [-0.05, 0) is 59.9 Å². The number of nitro benzene ring substituents is 1. The van der Waals surface area contributed by atoms with Crippen molar-refractivity contribution in [1.82, 2.24) is 10.6 Å². The molecule has 262 valence electrons. The average Bonchev–Trinajstić information content (AvgIpc) is 3.09. The molecule has 4 aromatic carbocycles. The van der Waals surface area contributed by atoms with Crippen LogP contribution in [-0.4, -0.2) is 52.5 Å². The molecule has 0 unspecified atom stereocenters. The van der Waals surface area contributed by atoms with Crippen LogP contribution in [0.25, 0.3) is 0 Å². The molecule has 4 aromatic rings. The van der Waals surface area contributed by atoms with Crippen LogP contribution >= 0.6 is 0 Å². The molecular formula is C37H37F2N3O8. The Kier molecular flexibility index (Phi) is 15.2. The predicted octanol–water partition coefficient (Wildman–Crippen LogP) is 5.14. The van der Waals surface area contributed by atoms with Crippen LogP contribution in [0, 0.1) is 21.7 Å². The number of ether oxygens (including phenoxy) is 1. The highest BCUT2D eigenvalue weighted by Crippen LogP contribution is 2.14. The normalized spacial score (nSPS) is 11.6. The predicted molar refractivity (Wildman–Crippen MR) is 180 cm³/mol. The van der Waals surface area contributed by atoms with Crippen LogP contribution in [0.5, 0.6) is 0 Å². The van der Waals surface area contributed by atoms with Crippen molar-refractivity contribution in [3.05, 3.63) is 147 Å². The summed E-state index contributed by atoms with van der Waals surface area (Å²) in [5.74, 6) is -3.42. The number of amides is 2. The van der Waals surface area contributed by atoms with E-state index in [-0.39, 0.29) is 36.7 Å². The highest BCUT2D eigenvalue weighted by Gasteiger charge is 2.27. The number of aryl methyl sites for hydroxylation is 1. The third-order valence-corrected chi connectivity index (χ3v) is 7.25. The Balaban J connectivity index is 0.000000403. The van der Waals surface area contributed by atoms with Gasteiger partial charge in [0.15, 0.2) is 0 Å². The lowest BCUT2D eigenvalue weighted by atomic mass is 10.0. The van der Waals surface area contributed by atoms with Crippen molar-refractivity contribution >= 4 is 29.4 Å². The molecule has 0 radical (unpaired) electrons. The van der Waals surface area contributed by atoms with Gasteiger partial charge in [0.05, 0.1) is 18.0 Å². The molecule has 3 N–H and O–H groups in total. The lowest BCUT2D eigenvalue weighted by molar-refractivity contribution is -0.384. The number of halogens is 2. The summed E-state index contributed by atoms with van der Waals surface area (Å²) in [4.78, 5) is 59.0. The van der Waals surface area contributed by atoms with E-state index < -0.39 is 40.6 Å². The van der Waals surface area contributed by atoms with Crippen LogP contribution < -0.4 is 10.6 Å². The third kappa shape index (κ3) is 13.6. The quantitative estimate of drug-likeness (QED) is 0.0878. The van der Waals surface area contributed by atoms with E-state index in [4.69, 9.17) is 4.74 Å². The molecule has 0 aliphatic rings. The van der Waals surface area contributed by atoms with Gasteiger partial charge < -0.3 is 20.5 Å². The van der Waals surface area contributed by atoms with Gasteiger partial charge >= 0.3 is 11.9 Å². The molecule has 4 rings (SSSR count). The second-order valence-corrected chi connectivity index (χ2v) is 11.1. The largest absolute Gasteiger partial charge is 0.480 e. The van der Waals surface area contributed by atoms with Gasteiger partial charge in [0.2, 0.25) is 11.8 Å². The van der Waals surface area contributed by atoms with Crippen LogP contribution in [0.4, 0.5) is 14.5 Å². The second-order valence-electron chi connectivity index (χ2n) is 11.1. The molecule has 0 saturated carbocycles. The van der Waals surface area contributed by atoms with Crippen LogP contribution in [-0.2, 0) is 49.6 Å². The van der Waals surface area contributed by atoms with Crippen LogP contribution in [0.15, 0.2) is 103 Å². The maximum absolute atomic E-state index is 13.2. The first kappa shape index (κ1) is 38.5. The SMILES string of the molecule is CCOC(=O)CCc1ccc(F)cc1.O=C(Cc1ccccc1)N[C@@H](Cc1ccc([N+](=O)[O-])cc1)C(=O)N[C@@H](Cc1ccc(F)cc1)C(=O)O. The first-order valence-corrected chi connectivity index (χ1v) is 15.7. The molecule has 0 heterocycles. The van der Waals surface area contributed by atoms with Gasteiger partial charge in [-0.3, -0.25) is 24.5 Å². The van der Waals surface area contributed by atoms with E-state index in [1.54, 1.807) is 49.4 Å². The lowest BCUT2D eigenvalue weighted by Gasteiger charge is -2.22. The van der Waals surface area contributed by atoms with E-state index in [0.717, 1.165) is 11.1 Å². The van der Waals surface area contributed by atoms with Crippen LogP contribution in [0.1, 0.15) is 35.6 Å². The number of rotatable bonds is 15. The number of carbonyl (C=O) groups is 4. The topological polar surface area (TPSA) is 165 Å². The number of nitrogens with one attached hydrogen (secondary N) is 2. The molecule has 50 heavy (non-hydrogen) atoms. The van der Waals surface area contributed by atoms with Crippen LogP contribution in [0.2, 0.25) is 0 Å². The van der Waals surface area contributed by atoms with Crippen molar-refractivity contribution in [3.63, 3.8) is 0 Å². The molecule has 0 fully saturated rings. The molecule has 2 amide bonds. The fraction of sp³-hybridized carbons (Fsp3) is 0.243. The summed E-state index contributed by atoms with van der Waals surface area (Å²) in [6.45, 7) is 2.18. The molecule has 0 aliphatic heterocycles. The zero-order valence-electron chi connectivity index (χ0n) is 27.2. The number of carboxylic acid groups (broad SMARTS) is 1. The number of non-ortho nitro benzene ring substituents is 1. The highest BCUT2D eigenvalue weighted by molar-refractivity contribution is 5.91. The van der Waals surface area contributed by atoms with E-state index >= 15 is 0 Å². The van der Waals surface area contributed by atoms with Gasteiger partial charge in [-0.1, -0.05) is 66.7 Å². The van der Waals surface area contributed by atoms with Gasteiger partial charge in [-0.2, -0.15) is 0 Å². The van der Waals surface area contributed by atoms with Gasteiger partial charge in [0, 0.05) is 31.4 Å². The first-order valence-electron chi connectivity index (χ1n) is 15.7. The molecular weight excluding hydrogens is 652 g/mol. The smallest absolute Gasteiger partial charge is 0.326 e. The first-order chi connectivity index (χ1) is 23.9. The average molecular weight is 690 g/mol.